The molecule has 3 rings (SSSR count). The number of hydrogen-bond acceptors (Lipinski definition) is 6. The van der Waals surface area contributed by atoms with Crippen molar-refractivity contribution in [1.82, 2.24) is 20.0 Å². The highest BCUT2D eigenvalue weighted by Crippen LogP contribution is 2.17. The van der Waals surface area contributed by atoms with Gasteiger partial charge in [-0.3, -0.25) is 0 Å². The van der Waals surface area contributed by atoms with Gasteiger partial charge in [-0.05, 0) is 5.56 Å². The first-order valence-corrected chi connectivity index (χ1v) is 7.09. The smallest absolute Gasteiger partial charge is 0.211 e. The molecule has 0 aliphatic carbocycles. The largest absolute Gasteiger partial charge is 0.382 e. The number of aromatic nitrogens is 4. The topological polar surface area (TPSA) is 108 Å². The van der Waals surface area contributed by atoms with Crippen molar-refractivity contribution in [2.45, 2.75) is 6.54 Å². The average molecular weight is 299 g/mol. The van der Waals surface area contributed by atoms with E-state index < -0.39 is 0 Å². The average Bonchev–Trinajstić information content (AvgIpc) is 3.11. The summed E-state index contributed by atoms with van der Waals surface area (Å²) in [6, 6.07) is 9.86. The summed E-state index contributed by atoms with van der Waals surface area (Å²) in [6.45, 7) is 0.532. The fourth-order valence-corrected chi connectivity index (χ4v) is 2.32. The zero-order valence-corrected chi connectivity index (χ0v) is 11.9. The molecule has 0 saturated carbocycles. The van der Waals surface area contributed by atoms with Crippen LogP contribution < -0.4 is 11.5 Å². The Bertz CT molecular complexity index is 746. The predicted octanol–water partition coefficient (Wildman–Crippen LogP) is 1.40. The Morgan fingerprint density at radius 3 is 2.81 bits per heavy atom. The molecule has 1 aromatic carbocycles. The van der Waals surface area contributed by atoms with Crippen LogP contribution in [0, 0.1) is 0 Å². The lowest BCUT2D eigenvalue weighted by molar-refractivity contribution is 0.657. The highest BCUT2D eigenvalue weighted by molar-refractivity contribution is 7.13. The number of amidine groups is 1. The van der Waals surface area contributed by atoms with E-state index in [4.69, 9.17) is 11.5 Å². The minimum atomic E-state index is 0.210. The summed E-state index contributed by atoms with van der Waals surface area (Å²) in [5, 5.41) is 10.4. The Balaban J connectivity index is 1.86. The molecule has 7 nitrogen and oxygen atoms in total. The van der Waals surface area contributed by atoms with Gasteiger partial charge < -0.3 is 11.5 Å². The van der Waals surface area contributed by atoms with E-state index in [1.807, 2.05) is 35.7 Å². The van der Waals surface area contributed by atoms with Gasteiger partial charge in [-0.2, -0.15) is 4.99 Å². The van der Waals surface area contributed by atoms with Crippen molar-refractivity contribution in [2.75, 3.05) is 5.73 Å². The highest BCUT2D eigenvalue weighted by Gasteiger charge is 2.13. The lowest BCUT2D eigenvalue weighted by Gasteiger charge is -2.03. The lowest BCUT2D eigenvalue weighted by Crippen LogP contribution is -2.16. The number of anilines is 1. The van der Waals surface area contributed by atoms with E-state index in [1.54, 1.807) is 10.9 Å². The summed E-state index contributed by atoms with van der Waals surface area (Å²) in [7, 11) is 0. The van der Waals surface area contributed by atoms with E-state index in [0.717, 1.165) is 5.56 Å². The van der Waals surface area contributed by atoms with E-state index in [1.165, 1.54) is 11.3 Å². The second-order valence-electron chi connectivity index (χ2n) is 4.28. The van der Waals surface area contributed by atoms with Crippen molar-refractivity contribution < 1.29 is 0 Å². The summed E-state index contributed by atoms with van der Waals surface area (Å²) >= 11 is 1.39. The van der Waals surface area contributed by atoms with E-state index in [-0.39, 0.29) is 5.84 Å². The third-order valence-electron chi connectivity index (χ3n) is 2.83. The van der Waals surface area contributed by atoms with E-state index in [2.05, 4.69) is 20.3 Å². The number of thiazole rings is 1. The van der Waals surface area contributed by atoms with Crippen molar-refractivity contribution in [3.05, 3.63) is 53.2 Å². The summed E-state index contributed by atoms with van der Waals surface area (Å²) in [6.07, 6.45) is 1.66. The Kier molecular flexibility index (Phi) is 3.61. The van der Waals surface area contributed by atoms with Crippen LogP contribution in [0.4, 0.5) is 10.9 Å². The monoisotopic (exact) mass is 299 g/mol. The molecule has 0 aliphatic rings. The van der Waals surface area contributed by atoms with Crippen molar-refractivity contribution >= 4 is 28.1 Å². The molecule has 4 N–H and O–H groups in total. The van der Waals surface area contributed by atoms with Crippen LogP contribution in [0.15, 0.2) is 46.9 Å². The van der Waals surface area contributed by atoms with Crippen molar-refractivity contribution in [1.29, 1.82) is 0 Å². The van der Waals surface area contributed by atoms with Crippen LogP contribution in [0.25, 0.3) is 0 Å². The van der Waals surface area contributed by atoms with Crippen LogP contribution in [0.1, 0.15) is 11.3 Å². The Labute approximate surface area is 125 Å². The van der Waals surface area contributed by atoms with Gasteiger partial charge in [0.2, 0.25) is 5.13 Å². The SMILES string of the molecule is NC(=Nc1nccs1)c1nnn(Cc2ccccc2)c1N. The van der Waals surface area contributed by atoms with Crippen LogP contribution >= 0.6 is 11.3 Å². The number of rotatable bonds is 4. The third-order valence-corrected chi connectivity index (χ3v) is 3.49. The number of benzene rings is 1. The van der Waals surface area contributed by atoms with E-state index in [9.17, 15) is 0 Å². The first-order chi connectivity index (χ1) is 10.2. The first kappa shape index (κ1) is 13.3. The fraction of sp³-hybridized carbons (Fsp3) is 0.0769. The molecule has 0 spiro atoms. The van der Waals surface area contributed by atoms with Crippen molar-refractivity contribution in [3.63, 3.8) is 0 Å². The molecule has 0 radical (unpaired) electrons. The minimum absolute atomic E-state index is 0.210. The summed E-state index contributed by atoms with van der Waals surface area (Å²) in [5.41, 5.74) is 13.4. The maximum atomic E-state index is 6.04. The molecule has 8 heteroatoms. The Hall–Kier alpha value is -2.74. The molecule has 106 valence electrons. The maximum Gasteiger partial charge on any atom is 0.211 e. The molecule has 2 heterocycles. The summed E-state index contributed by atoms with van der Waals surface area (Å²) in [4.78, 5) is 8.22. The number of aliphatic imine (C=N–C) groups is 1. The molecule has 0 unspecified atom stereocenters. The van der Waals surface area contributed by atoms with Gasteiger partial charge in [-0.25, -0.2) is 9.67 Å². The van der Waals surface area contributed by atoms with Crippen LogP contribution in [0.2, 0.25) is 0 Å². The summed E-state index contributed by atoms with van der Waals surface area (Å²) in [5.74, 6) is 0.596. The maximum absolute atomic E-state index is 6.04. The number of nitrogens with zero attached hydrogens (tertiary/aromatic N) is 5. The van der Waals surface area contributed by atoms with Crippen LogP contribution in [0.3, 0.4) is 0 Å². The molecule has 0 aliphatic heterocycles. The fourth-order valence-electron chi connectivity index (χ4n) is 1.80. The molecule has 21 heavy (non-hydrogen) atoms. The van der Waals surface area contributed by atoms with Crippen LogP contribution in [0.5, 0.6) is 0 Å². The second-order valence-corrected chi connectivity index (χ2v) is 5.15. The molecule has 2 aromatic heterocycles. The number of nitrogen functional groups attached to an aromatic ring is 1. The van der Waals surface area contributed by atoms with Crippen LogP contribution in [-0.4, -0.2) is 25.8 Å². The normalized spacial score (nSPS) is 11.7. The van der Waals surface area contributed by atoms with Gasteiger partial charge in [0.25, 0.3) is 0 Å². The molecule has 0 atom stereocenters. The van der Waals surface area contributed by atoms with Gasteiger partial charge in [0.05, 0.1) is 6.54 Å². The lowest BCUT2D eigenvalue weighted by atomic mass is 10.2. The zero-order chi connectivity index (χ0) is 14.7. The van der Waals surface area contributed by atoms with E-state index in [0.29, 0.717) is 23.2 Å². The van der Waals surface area contributed by atoms with Crippen LogP contribution in [-0.2, 0) is 6.54 Å². The molecule has 3 aromatic rings. The van der Waals surface area contributed by atoms with Gasteiger partial charge in [-0.1, -0.05) is 35.5 Å². The third kappa shape index (κ3) is 2.90. The molecule has 0 saturated heterocycles. The van der Waals surface area contributed by atoms with Crippen molar-refractivity contribution in [3.8, 4) is 0 Å². The quantitative estimate of drug-likeness (QED) is 0.559. The molecular weight excluding hydrogens is 286 g/mol. The molecule has 0 bridgehead atoms. The molecular formula is C13H13N7S. The van der Waals surface area contributed by atoms with Gasteiger partial charge in [0.15, 0.2) is 17.3 Å². The summed E-state index contributed by atoms with van der Waals surface area (Å²) < 4.78 is 1.59. The van der Waals surface area contributed by atoms with Gasteiger partial charge in [-0.15, -0.1) is 16.4 Å². The first-order valence-electron chi connectivity index (χ1n) is 6.21. The Morgan fingerprint density at radius 2 is 2.10 bits per heavy atom. The van der Waals surface area contributed by atoms with Crippen molar-refractivity contribution in [2.24, 2.45) is 10.7 Å². The zero-order valence-electron chi connectivity index (χ0n) is 11.0. The number of hydrogen-bond donors (Lipinski definition) is 2. The Morgan fingerprint density at radius 1 is 1.29 bits per heavy atom. The molecule has 0 amide bonds. The predicted molar refractivity (Wildman–Crippen MR) is 82.5 cm³/mol. The number of nitrogens with two attached hydrogens (primary N) is 2. The van der Waals surface area contributed by atoms with Gasteiger partial charge in [0.1, 0.15) is 0 Å². The van der Waals surface area contributed by atoms with Gasteiger partial charge in [0, 0.05) is 11.6 Å². The van der Waals surface area contributed by atoms with E-state index >= 15 is 0 Å². The standard InChI is InChI=1S/C13H13N7S/c14-11(17-13-16-6-7-21-13)10-12(15)20(19-18-10)8-9-4-2-1-3-5-9/h1-7H,8,15H2,(H2,14,16,17). The van der Waals surface area contributed by atoms with Gasteiger partial charge >= 0.3 is 0 Å². The minimum Gasteiger partial charge on any atom is -0.382 e. The highest BCUT2D eigenvalue weighted by atomic mass is 32.1. The molecule has 0 fully saturated rings. The second kappa shape index (κ2) is 5.71.